The van der Waals surface area contributed by atoms with E-state index in [1.807, 2.05) is 66.1 Å². The molecule has 34 heavy (non-hydrogen) atoms. The number of phenols is 1. The molecule has 4 aromatic rings. The summed E-state index contributed by atoms with van der Waals surface area (Å²) in [4.78, 5) is 12.4. The molecule has 0 radical (unpaired) electrons. The molecule has 9 heteroatoms. The molecule has 172 valence electrons. The van der Waals surface area contributed by atoms with E-state index in [1.54, 1.807) is 24.3 Å². The third-order valence-electron chi connectivity index (χ3n) is 4.79. The number of aromatic amines is 1. The van der Waals surface area contributed by atoms with Crippen LogP contribution < -0.4 is 14.7 Å². The van der Waals surface area contributed by atoms with E-state index < -0.39 is 0 Å². The van der Waals surface area contributed by atoms with Gasteiger partial charge in [-0.05, 0) is 67.2 Å². The summed E-state index contributed by atoms with van der Waals surface area (Å²) in [7, 11) is 0. The van der Waals surface area contributed by atoms with E-state index in [1.165, 1.54) is 18.0 Å². The lowest BCUT2D eigenvalue weighted by Crippen LogP contribution is -2.34. The highest BCUT2D eigenvalue weighted by Crippen LogP contribution is 2.21. The highest BCUT2D eigenvalue weighted by molar-refractivity contribution is 7.99. The zero-order chi connectivity index (χ0) is 23.8. The van der Waals surface area contributed by atoms with Gasteiger partial charge in [-0.3, -0.25) is 4.79 Å². The molecule has 1 heterocycles. The fraction of sp³-hybridized carbons (Fsp3) is 0.120. The summed E-state index contributed by atoms with van der Waals surface area (Å²) in [5, 5.41) is 21.9. The number of para-hydroxylation sites is 1. The highest BCUT2D eigenvalue weighted by Gasteiger charge is 2.24. The van der Waals surface area contributed by atoms with Gasteiger partial charge >= 0.3 is 5.16 Å². The van der Waals surface area contributed by atoms with E-state index in [-0.39, 0.29) is 17.4 Å². The van der Waals surface area contributed by atoms with Crippen LogP contribution >= 0.6 is 11.8 Å². The topological polar surface area (TPSA) is 103 Å². The lowest BCUT2D eigenvalue weighted by Gasteiger charge is -2.06. The number of phenolic OH excluding ortho intramolecular Hbond substituents is 1. The second kappa shape index (κ2) is 11.2. The Hall–Kier alpha value is -4.11. The Morgan fingerprint density at radius 2 is 1.85 bits per heavy atom. The van der Waals surface area contributed by atoms with Crippen LogP contribution in [0.3, 0.4) is 0 Å². The maximum Gasteiger partial charge on any atom is 0.342 e. The Balaban J connectivity index is 1.51. The van der Waals surface area contributed by atoms with E-state index in [0.717, 1.165) is 22.8 Å². The smallest absolute Gasteiger partial charge is 0.342 e. The lowest BCUT2D eigenvalue weighted by molar-refractivity contribution is -0.625. The first-order valence-corrected chi connectivity index (χ1v) is 11.7. The van der Waals surface area contributed by atoms with E-state index in [9.17, 15) is 9.90 Å². The van der Waals surface area contributed by atoms with E-state index in [0.29, 0.717) is 17.3 Å². The van der Waals surface area contributed by atoms with Crippen LogP contribution in [0.25, 0.3) is 17.1 Å². The molecule has 1 amide bonds. The number of thioether (sulfide) groups is 1. The van der Waals surface area contributed by atoms with Crippen LogP contribution in [0.4, 0.5) is 0 Å². The minimum absolute atomic E-state index is 0.0937. The molecule has 0 fully saturated rings. The van der Waals surface area contributed by atoms with Gasteiger partial charge in [-0.2, -0.15) is 9.67 Å². The Morgan fingerprint density at radius 3 is 2.59 bits per heavy atom. The van der Waals surface area contributed by atoms with Gasteiger partial charge in [0.1, 0.15) is 17.2 Å². The number of nitrogens with zero attached hydrogens (tertiary/aromatic N) is 3. The lowest BCUT2D eigenvalue weighted by atomic mass is 10.2. The predicted molar refractivity (Wildman–Crippen MR) is 131 cm³/mol. The number of aromatic hydroxyl groups is 1. The summed E-state index contributed by atoms with van der Waals surface area (Å²) in [6.07, 6.45) is 1.40. The molecule has 0 saturated heterocycles. The number of benzene rings is 3. The molecule has 8 nitrogen and oxygen atoms in total. The Bertz CT molecular complexity index is 1270. The van der Waals surface area contributed by atoms with Gasteiger partial charge in [-0.1, -0.05) is 30.3 Å². The fourth-order valence-electron chi connectivity index (χ4n) is 3.21. The van der Waals surface area contributed by atoms with Crippen LogP contribution in [0.2, 0.25) is 0 Å². The van der Waals surface area contributed by atoms with Gasteiger partial charge in [-0.25, -0.2) is 5.43 Å². The number of amides is 1. The summed E-state index contributed by atoms with van der Waals surface area (Å²) in [5.74, 6) is 1.49. The molecule has 0 spiro atoms. The zero-order valence-corrected chi connectivity index (χ0v) is 19.3. The van der Waals surface area contributed by atoms with Crippen LogP contribution in [0.1, 0.15) is 12.5 Å². The Morgan fingerprint density at radius 1 is 1.12 bits per heavy atom. The first-order chi connectivity index (χ1) is 16.7. The van der Waals surface area contributed by atoms with Gasteiger partial charge in [0.15, 0.2) is 0 Å². The van der Waals surface area contributed by atoms with Crippen molar-refractivity contribution in [3.63, 3.8) is 0 Å². The van der Waals surface area contributed by atoms with Gasteiger partial charge in [0.2, 0.25) is 0 Å². The molecule has 0 aliphatic heterocycles. The number of carbonyl (C=O) groups excluding carboxylic acids is 1. The van der Waals surface area contributed by atoms with Crippen LogP contribution in [0.15, 0.2) is 89.1 Å². The van der Waals surface area contributed by atoms with Crippen molar-refractivity contribution in [2.45, 2.75) is 12.1 Å². The van der Waals surface area contributed by atoms with E-state index in [2.05, 4.69) is 20.7 Å². The van der Waals surface area contributed by atoms with Gasteiger partial charge < -0.3 is 9.84 Å². The third kappa shape index (κ3) is 5.62. The zero-order valence-electron chi connectivity index (χ0n) is 18.5. The third-order valence-corrected chi connectivity index (χ3v) is 5.73. The van der Waals surface area contributed by atoms with Crippen molar-refractivity contribution in [2.75, 3.05) is 12.4 Å². The molecule has 0 saturated carbocycles. The number of carbonyl (C=O) groups is 1. The average molecular weight is 475 g/mol. The van der Waals surface area contributed by atoms with Crippen molar-refractivity contribution in [3.05, 3.63) is 84.4 Å². The Kier molecular flexibility index (Phi) is 7.56. The summed E-state index contributed by atoms with van der Waals surface area (Å²) in [6, 6.07) is 24.3. The largest absolute Gasteiger partial charge is 0.507 e. The maximum absolute atomic E-state index is 12.4. The first kappa shape index (κ1) is 23.1. The van der Waals surface area contributed by atoms with Gasteiger partial charge in [0, 0.05) is 5.56 Å². The average Bonchev–Trinajstić information content (AvgIpc) is 3.29. The molecule has 0 unspecified atom stereocenters. The summed E-state index contributed by atoms with van der Waals surface area (Å²) in [6.45, 7) is 2.54. The van der Waals surface area contributed by atoms with Crippen molar-refractivity contribution < 1.29 is 19.2 Å². The number of hydrogen-bond donors (Lipinski definition) is 3. The number of nitrogens with one attached hydrogen (secondary N) is 2. The molecule has 0 bridgehead atoms. The first-order valence-electron chi connectivity index (χ1n) is 10.7. The molecule has 3 N–H and O–H groups in total. The van der Waals surface area contributed by atoms with E-state index in [4.69, 9.17) is 4.74 Å². The summed E-state index contributed by atoms with van der Waals surface area (Å²) < 4.78 is 7.53. The monoisotopic (exact) mass is 474 g/mol. The molecule has 3 aromatic carbocycles. The van der Waals surface area contributed by atoms with Crippen molar-refractivity contribution in [1.82, 2.24) is 15.6 Å². The number of ether oxygens (including phenoxy) is 1. The standard InChI is InChI=1S/C25H23N5O3S/c1-2-33-21-14-12-20(13-15-21)30-24(18-8-4-3-5-9-18)28-29-25(30)34-17-23(32)27-26-16-19-10-6-7-11-22(19)31/h3-16H,2,17H2,1H3,(H2,26,27,31,32)/p+1. The quantitative estimate of drug-likeness (QED) is 0.149. The summed E-state index contributed by atoms with van der Waals surface area (Å²) >= 11 is 1.28. The van der Waals surface area contributed by atoms with Crippen LogP contribution in [-0.4, -0.2) is 39.8 Å². The second-order valence-electron chi connectivity index (χ2n) is 7.12. The molecule has 1 aromatic heterocycles. The molecular formula is C25H24N5O3S+. The Labute approximate surface area is 201 Å². The minimum Gasteiger partial charge on any atom is -0.507 e. The minimum atomic E-state index is -0.292. The number of aromatic nitrogens is 3. The maximum atomic E-state index is 12.4. The van der Waals surface area contributed by atoms with Crippen molar-refractivity contribution >= 4 is 23.9 Å². The van der Waals surface area contributed by atoms with Gasteiger partial charge in [-0.15, -0.1) is 5.10 Å². The van der Waals surface area contributed by atoms with E-state index >= 15 is 0 Å². The molecule has 4 rings (SSSR count). The van der Waals surface area contributed by atoms with Crippen LogP contribution in [0.5, 0.6) is 11.5 Å². The number of hydrogen-bond acceptors (Lipinski definition) is 6. The van der Waals surface area contributed by atoms with Crippen LogP contribution in [-0.2, 0) is 4.79 Å². The van der Waals surface area contributed by atoms with Crippen molar-refractivity contribution in [1.29, 1.82) is 0 Å². The van der Waals surface area contributed by atoms with Gasteiger partial charge in [0.25, 0.3) is 11.7 Å². The van der Waals surface area contributed by atoms with Crippen molar-refractivity contribution in [3.8, 4) is 28.6 Å². The highest BCUT2D eigenvalue weighted by atomic mass is 32.2. The second-order valence-corrected chi connectivity index (χ2v) is 8.07. The molecule has 0 aliphatic carbocycles. The molecule has 0 atom stereocenters. The predicted octanol–water partition coefficient (Wildman–Crippen LogP) is 3.70. The number of H-pyrrole nitrogens is 1. The molecule has 0 aliphatic rings. The van der Waals surface area contributed by atoms with Crippen LogP contribution in [0, 0.1) is 0 Å². The SMILES string of the molecule is CCOc1ccc(-[n+]2c(SCC(=O)NN=Cc3ccccc3O)n[nH]c2-c2ccccc2)cc1. The van der Waals surface area contributed by atoms with Crippen molar-refractivity contribution in [2.24, 2.45) is 5.10 Å². The summed E-state index contributed by atoms with van der Waals surface area (Å²) in [5.41, 5.74) is 4.85. The normalized spacial score (nSPS) is 11.0. The fourth-order valence-corrected chi connectivity index (χ4v) is 3.97. The molecular weight excluding hydrogens is 450 g/mol. The van der Waals surface area contributed by atoms with Gasteiger partial charge in [0.05, 0.1) is 29.2 Å². The number of rotatable bonds is 9. The number of hydrazone groups is 1.